The number of aromatic nitrogens is 2. The number of hydrogen-bond acceptors (Lipinski definition) is 5. The molecule has 0 aliphatic rings. The number of nitrogens with zero attached hydrogens (tertiary/aromatic N) is 2. The number of aryl methyl sites for hydroxylation is 1. The molecule has 0 saturated heterocycles. The van der Waals surface area contributed by atoms with Gasteiger partial charge in [-0.1, -0.05) is 12.1 Å². The summed E-state index contributed by atoms with van der Waals surface area (Å²) in [6.07, 6.45) is 2.45. The highest BCUT2D eigenvalue weighted by Crippen LogP contribution is 2.10. The fraction of sp³-hybridized carbons (Fsp3) is 0.778. The van der Waals surface area contributed by atoms with Gasteiger partial charge in [0.05, 0.1) is 6.04 Å². The predicted octanol–water partition coefficient (Wildman–Crippen LogP) is 1.06. The van der Waals surface area contributed by atoms with E-state index >= 15 is 0 Å². The van der Waals surface area contributed by atoms with Gasteiger partial charge in [-0.25, -0.2) is 0 Å². The number of hydrogen-bond donors (Lipinski definition) is 1. The van der Waals surface area contributed by atoms with Crippen molar-refractivity contribution in [2.75, 3.05) is 13.7 Å². The lowest BCUT2D eigenvalue weighted by Gasteiger charge is -1.99. The van der Waals surface area contributed by atoms with Crippen molar-refractivity contribution in [2.24, 2.45) is 5.73 Å². The van der Waals surface area contributed by atoms with Crippen molar-refractivity contribution in [1.82, 2.24) is 10.1 Å². The fourth-order valence-electron chi connectivity index (χ4n) is 1.07. The minimum Gasteiger partial charge on any atom is -0.385 e. The maximum Gasteiger partial charge on any atom is 0.226 e. The van der Waals surface area contributed by atoms with Crippen LogP contribution in [0.5, 0.6) is 0 Å². The van der Waals surface area contributed by atoms with E-state index in [4.69, 9.17) is 15.0 Å². The third kappa shape index (κ3) is 3.08. The van der Waals surface area contributed by atoms with Crippen molar-refractivity contribution >= 4 is 0 Å². The van der Waals surface area contributed by atoms with E-state index in [2.05, 4.69) is 10.1 Å². The molecule has 0 bridgehead atoms. The molecule has 0 aliphatic carbocycles. The van der Waals surface area contributed by atoms with Gasteiger partial charge < -0.3 is 15.0 Å². The summed E-state index contributed by atoms with van der Waals surface area (Å²) in [5.74, 6) is 1.24. The average Bonchev–Trinajstić information content (AvgIpc) is 2.66. The summed E-state index contributed by atoms with van der Waals surface area (Å²) in [4.78, 5) is 4.19. The van der Waals surface area contributed by atoms with E-state index in [1.54, 1.807) is 7.11 Å². The van der Waals surface area contributed by atoms with E-state index in [0.717, 1.165) is 19.3 Å². The lowest BCUT2D eigenvalue weighted by molar-refractivity contribution is 0.192. The quantitative estimate of drug-likeness (QED) is 0.693. The molecule has 1 aromatic heterocycles. The normalized spacial score (nSPS) is 13.1. The van der Waals surface area contributed by atoms with Gasteiger partial charge in [-0.2, -0.15) is 4.98 Å². The highest BCUT2D eigenvalue weighted by atomic mass is 16.5. The van der Waals surface area contributed by atoms with Crippen LogP contribution in [0.2, 0.25) is 0 Å². The summed E-state index contributed by atoms with van der Waals surface area (Å²) in [5, 5.41) is 3.81. The van der Waals surface area contributed by atoms with Crippen molar-refractivity contribution in [1.29, 1.82) is 0 Å². The minimum absolute atomic E-state index is 0.116. The first-order chi connectivity index (χ1) is 6.77. The van der Waals surface area contributed by atoms with E-state index in [9.17, 15) is 0 Å². The molecule has 1 rings (SSSR count). The molecule has 0 amide bonds. The molecule has 1 atom stereocenters. The van der Waals surface area contributed by atoms with Gasteiger partial charge in [-0.05, 0) is 12.8 Å². The molecule has 1 heterocycles. The summed E-state index contributed by atoms with van der Waals surface area (Å²) >= 11 is 0. The Bertz CT molecular complexity index is 262. The topological polar surface area (TPSA) is 74.2 Å². The average molecular weight is 199 g/mol. The van der Waals surface area contributed by atoms with Gasteiger partial charge in [-0.15, -0.1) is 0 Å². The van der Waals surface area contributed by atoms with Crippen molar-refractivity contribution in [3.63, 3.8) is 0 Å². The molecule has 0 aromatic carbocycles. The van der Waals surface area contributed by atoms with Crippen LogP contribution >= 0.6 is 0 Å². The molecule has 14 heavy (non-hydrogen) atoms. The molecule has 1 aromatic rings. The molecule has 0 saturated carbocycles. The standard InChI is InChI=1S/C9H17N3O2/c1-3-7(10)9-11-8(14-12-9)5-4-6-13-2/h7H,3-6,10H2,1-2H3. The first-order valence-corrected chi connectivity index (χ1v) is 4.85. The van der Waals surface area contributed by atoms with Crippen molar-refractivity contribution in [2.45, 2.75) is 32.2 Å². The van der Waals surface area contributed by atoms with Gasteiger partial charge in [0, 0.05) is 20.1 Å². The summed E-state index contributed by atoms with van der Waals surface area (Å²) < 4.78 is 9.96. The molecule has 5 heteroatoms. The fourth-order valence-corrected chi connectivity index (χ4v) is 1.07. The Morgan fingerprint density at radius 1 is 1.57 bits per heavy atom. The molecule has 0 radical (unpaired) electrons. The lowest BCUT2D eigenvalue weighted by atomic mass is 10.2. The Kier molecular flexibility index (Phi) is 4.55. The van der Waals surface area contributed by atoms with Gasteiger partial charge in [-0.3, -0.25) is 0 Å². The zero-order chi connectivity index (χ0) is 10.4. The lowest BCUT2D eigenvalue weighted by Crippen LogP contribution is -2.10. The Balaban J connectivity index is 2.42. The molecule has 0 spiro atoms. The Morgan fingerprint density at radius 2 is 2.36 bits per heavy atom. The number of ether oxygens (including phenoxy) is 1. The van der Waals surface area contributed by atoms with Crippen LogP contribution < -0.4 is 5.73 Å². The summed E-state index contributed by atoms with van der Waals surface area (Å²) in [7, 11) is 1.67. The maximum absolute atomic E-state index is 5.75. The number of methoxy groups -OCH3 is 1. The molecular weight excluding hydrogens is 182 g/mol. The van der Waals surface area contributed by atoms with Gasteiger partial charge in [0.2, 0.25) is 5.89 Å². The van der Waals surface area contributed by atoms with Gasteiger partial charge in [0.15, 0.2) is 5.82 Å². The highest BCUT2D eigenvalue weighted by Gasteiger charge is 2.11. The van der Waals surface area contributed by atoms with Crippen molar-refractivity contribution in [3.05, 3.63) is 11.7 Å². The van der Waals surface area contributed by atoms with Crippen LogP contribution in [0.15, 0.2) is 4.52 Å². The molecule has 80 valence electrons. The molecule has 0 aliphatic heterocycles. The second kappa shape index (κ2) is 5.72. The summed E-state index contributed by atoms with van der Waals surface area (Å²) in [6.45, 7) is 2.70. The van der Waals surface area contributed by atoms with Gasteiger partial charge in [0.1, 0.15) is 0 Å². The minimum atomic E-state index is -0.116. The van der Waals surface area contributed by atoms with Crippen molar-refractivity contribution in [3.8, 4) is 0 Å². The zero-order valence-electron chi connectivity index (χ0n) is 8.69. The summed E-state index contributed by atoms with van der Waals surface area (Å²) in [6, 6.07) is -0.116. The van der Waals surface area contributed by atoms with Crippen LogP contribution in [0.1, 0.15) is 37.5 Å². The highest BCUT2D eigenvalue weighted by molar-refractivity contribution is 4.92. The Hall–Kier alpha value is -0.940. The molecule has 2 N–H and O–H groups in total. The van der Waals surface area contributed by atoms with Gasteiger partial charge >= 0.3 is 0 Å². The second-order valence-corrected chi connectivity index (χ2v) is 3.16. The van der Waals surface area contributed by atoms with Gasteiger partial charge in [0.25, 0.3) is 0 Å². The van der Waals surface area contributed by atoms with E-state index in [-0.39, 0.29) is 6.04 Å². The first kappa shape index (κ1) is 11.1. The van der Waals surface area contributed by atoms with E-state index in [1.165, 1.54) is 0 Å². The molecule has 1 unspecified atom stereocenters. The molecule has 5 nitrogen and oxygen atoms in total. The number of nitrogens with two attached hydrogens (primary N) is 1. The molecule has 0 fully saturated rings. The maximum atomic E-state index is 5.75. The van der Waals surface area contributed by atoms with E-state index in [0.29, 0.717) is 18.3 Å². The SMILES string of the molecule is CCC(N)c1noc(CCCOC)n1. The number of rotatable bonds is 6. The third-order valence-electron chi connectivity index (χ3n) is 1.99. The van der Waals surface area contributed by atoms with Crippen LogP contribution in [0, 0.1) is 0 Å². The van der Waals surface area contributed by atoms with E-state index < -0.39 is 0 Å². The van der Waals surface area contributed by atoms with Crippen LogP contribution in [-0.2, 0) is 11.2 Å². The van der Waals surface area contributed by atoms with Crippen LogP contribution in [0.4, 0.5) is 0 Å². The van der Waals surface area contributed by atoms with Crippen LogP contribution in [0.25, 0.3) is 0 Å². The Labute approximate surface area is 83.6 Å². The van der Waals surface area contributed by atoms with Crippen LogP contribution in [0.3, 0.4) is 0 Å². The van der Waals surface area contributed by atoms with Crippen molar-refractivity contribution < 1.29 is 9.26 Å². The van der Waals surface area contributed by atoms with E-state index in [1.807, 2.05) is 6.92 Å². The van der Waals surface area contributed by atoms with Crippen LogP contribution in [-0.4, -0.2) is 23.9 Å². The third-order valence-corrected chi connectivity index (χ3v) is 1.99. The summed E-state index contributed by atoms with van der Waals surface area (Å²) in [5.41, 5.74) is 5.75. The monoisotopic (exact) mass is 199 g/mol. The smallest absolute Gasteiger partial charge is 0.226 e. The zero-order valence-corrected chi connectivity index (χ0v) is 8.69. The first-order valence-electron chi connectivity index (χ1n) is 4.85. The Morgan fingerprint density at radius 3 is 3.00 bits per heavy atom. The predicted molar refractivity (Wildman–Crippen MR) is 51.7 cm³/mol. The molecular formula is C9H17N3O2. The largest absolute Gasteiger partial charge is 0.385 e. The second-order valence-electron chi connectivity index (χ2n) is 3.16.